The van der Waals surface area contributed by atoms with Crippen LogP contribution in [0, 0.1) is 13.8 Å². The molecular formula is C15H16ClNO2. The number of hydrogen-bond donors (Lipinski definition) is 0. The summed E-state index contributed by atoms with van der Waals surface area (Å²) in [7, 11) is 1.40. The molecule has 0 atom stereocenters. The predicted molar refractivity (Wildman–Crippen MR) is 76.6 cm³/mol. The minimum absolute atomic E-state index is 0.216. The lowest BCUT2D eigenvalue weighted by Crippen LogP contribution is -2.03. The number of esters is 1. The zero-order valence-corrected chi connectivity index (χ0v) is 12.0. The molecule has 0 N–H and O–H groups in total. The number of hydrogen-bond acceptors (Lipinski definition) is 3. The molecule has 0 aliphatic rings. The van der Waals surface area contributed by atoms with Crippen LogP contribution < -0.4 is 0 Å². The third-order valence-electron chi connectivity index (χ3n) is 3.15. The van der Waals surface area contributed by atoms with E-state index >= 15 is 0 Å². The van der Waals surface area contributed by atoms with Gasteiger partial charge < -0.3 is 4.74 Å². The van der Waals surface area contributed by atoms with E-state index in [-0.39, 0.29) is 5.97 Å². The van der Waals surface area contributed by atoms with Gasteiger partial charge in [0.2, 0.25) is 0 Å². The number of aromatic nitrogens is 1. The van der Waals surface area contributed by atoms with Gasteiger partial charge in [0.1, 0.15) is 0 Å². The molecule has 1 aromatic heterocycles. The first-order valence-electron chi connectivity index (χ1n) is 6.15. The van der Waals surface area contributed by atoms with Gasteiger partial charge in [-0.2, -0.15) is 0 Å². The highest BCUT2D eigenvalue weighted by Crippen LogP contribution is 2.29. The minimum atomic E-state index is -0.216. The lowest BCUT2D eigenvalue weighted by atomic mass is 10.0. The van der Waals surface area contributed by atoms with Gasteiger partial charge in [0.05, 0.1) is 17.6 Å². The number of fused-ring (bicyclic) bond motifs is 1. The molecule has 0 saturated heterocycles. The van der Waals surface area contributed by atoms with Crippen LogP contribution in [-0.2, 0) is 16.0 Å². The molecule has 2 rings (SSSR count). The van der Waals surface area contributed by atoms with E-state index in [1.54, 1.807) is 0 Å². The van der Waals surface area contributed by atoms with Crippen molar-refractivity contribution in [2.75, 3.05) is 7.11 Å². The average Bonchev–Trinajstić information content (AvgIpc) is 2.39. The number of carbonyl (C=O) groups excluding carboxylic acids is 1. The number of rotatable bonds is 3. The molecular weight excluding hydrogens is 262 g/mol. The van der Waals surface area contributed by atoms with Crippen molar-refractivity contribution in [2.24, 2.45) is 0 Å². The van der Waals surface area contributed by atoms with Crippen LogP contribution in [0.25, 0.3) is 10.9 Å². The van der Waals surface area contributed by atoms with E-state index in [1.807, 2.05) is 32.0 Å². The standard InChI is InChI=1S/C15H16ClNO2/c1-9-4-6-12(16)14-11(5-7-13(18)19-3)8-10(2)17-15(9)14/h4,6,8H,5,7H2,1-3H3. The molecule has 2 aromatic rings. The van der Waals surface area contributed by atoms with Gasteiger partial charge in [0.25, 0.3) is 0 Å². The zero-order valence-electron chi connectivity index (χ0n) is 11.3. The first-order valence-corrected chi connectivity index (χ1v) is 6.53. The van der Waals surface area contributed by atoms with Crippen LogP contribution in [0.15, 0.2) is 18.2 Å². The molecule has 100 valence electrons. The quantitative estimate of drug-likeness (QED) is 0.805. The molecule has 0 unspecified atom stereocenters. The van der Waals surface area contributed by atoms with Crippen LogP contribution in [0.4, 0.5) is 0 Å². The molecule has 0 aliphatic carbocycles. The largest absolute Gasteiger partial charge is 0.469 e. The van der Waals surface area contributed by atoms with E-state index in [0.29, 0.717) is 17.9 Å². The summed E-state index contributed by atoms with van der Waals surface area (Å²) < 4.78 is 4.68. The summed E-state index contributed by atoms with van der Waals surface area (Å²) in [4.78, 5) is 15.8. The first-order chi connectivity index (χ1) is 9.02. The highest BCUT2D eigenvalue weighted by atomic mass is 35.5. The molecule has 3 nitrogen and oxygen atoms in total. The van der Waals surface area contributed by atoms with Crippen molar-refractivity contribution in [3.63, 3.8) is 0 Å². The van der Waals surface area contributed by atoms with E-state index in [9.17, 15) is 4.79 Å². The van der Waals surface area contributed by atoms with Crippen LogP contribution >= 0.6 is 11.6 Å². The van der Waals surface area contributed by atoms with Crippen molar-refractivity contribution in [3.05, 3.63) is 40.0 Å². The normalized spacial score (nSPS) is 10.7. The monoisotopic (exact) mass is 277 g/mol. The maximum absolute atomic E-state index is 11.3. The Morgan fingerprint density at radius 1 is 1.37 bits per heavy atom. The number of nitrogens with zero attached hydrogens (tertiary/aromatic N) is 1. The van der Waals surface area contributed by atoms with Gasteiger partial charge in [-0.05, 0) is 43.5 Å². The van der Waals surface area contributed by atoms with E-state index in [0.717, 1.165) is 27.7 Å². The first kappa shape index (κ1) is 13.8. The van der Waals surface area contributed by atoms with E-state index < -0.39 is 0 Å². The average molecular weight is 278 g/mol. The van der Waals surface area contributed by atoms with Gasteiger partial charge in [-0.3, -0.25) is 9.78 Å². The van der Waals surface area contributed by atoms with Gasteiger partial charge in [0, 0.05) is 17.5 Å². The van der Waals surface area contributed by atoms with Crippen LogP contribution in [0.2, 0.25) is 5.02 Å². The van der Waals surface area contributed by atoms with Crippen molar-refractivity contribution in [3.8, 4) is 0 Å². The Balaban J connectivity index is 2.53. The van der Waals surface area contributed by atoms with Gasteiger partial charge in [-0.25, -0.2) is 0 Å². The molecule has 1 aromatic carbocycles. The number of carbonyl (C=O) groups is 1. The van der Waals surface area contributed by atoms with Crippen molar-refractivity contribution in [1.82, 2.24) is 4.98 Å². The Labute approximate surface area is 117 Å². The fourth-order valence-electron chi connectivity index (χ4n) is 2.19. The third kappa shape index (κ3) is 2.87. The summed E-state index contributed by atoms with van der Waals surface area (Å²) in [5, 5.41) is 1.61. The van der Waals surface area contributed by atoms with Crippen molar-refractivity contribution >= 4 is 28.5 Å². The molecule has 1 heterocycles. The minimum Gasteiger partial charge on any atom is -0.469 e. The number of halogens is 1. The number of pyridine rings is 1. The fourth-order valence-corrected chi connectivity index (χ4v) is 2.46. The maximum atomic E-state index is 11.3. The summed E-state index contributed by atoms with van der Waals surface area (Å²) in [6.07, 6.45) is 0.953. The summed E-state index contributed by atoms with van der Waals surface area (Å²) in [6, 6.07) is 5.82. The fraction of sp³-hybridized carbons (Fsp3) is 0.333. The van der Waals surface area contributed by atoms with Gasteiger partial charge >= 0.3 is 5.97 Å². The Kier molecular flexibility index (Phi) is 4.05. The Bertz CT molecular complexity index is 638. The Morgan fingerprint density at radius 3 is 2.79 bits per heavy atom. The molecule has 0 fully saturated rings. The van der Waals surface area contributed by atoms with Crippen LogP contribution in [0.3, 0.4) is 0 Å². The summed E-state index contributed by atoms with van der Waals surface area (Å²) in [6.45, 7) is 3.95. The summed E-state index contributed by atoms with van der Waals surface area (Å²) in [5.74, 6) is -0.216. The van der Waals surface area contributed by atoms with E-state index in [4.69, 9.17) is 11.6 Å². The second-order valence-electron chi connectivity index (χ2n) is 4.59. The highest BCUT2D eigenvalue weighted by Gasteiger charge is 2.11. The molecule has 0 aliphatic heterocycles. The summed E-state index contributed by atoms with van der Waals surface area (Å²) >= 11 is 6.28. The second kappa shape index (κ2) is 5.57. The van der Waals surface area contributed by atoms with Gasteiger partial charge in [-0.1, -0.05) is 17.7 Å². The molecule has 0 saturated carbocycles. The van der Waals surface area contributed by atoms with Crippen LogP contribution in [0.1, 0.15) is 23.2 Å². The molecule has 4 heteroatoms. The Hall–Kier alpha value is -1.61. The number of ether oxygens (including phenoxy) is 1. The SMILES string of the molecule is COC(=O)CCc1cc(C)nc2c(C)ccc(Cl)c12. The Morgan fingerprint density at radius 2 is 2.11 bits per heavy atom. The smallest absolute Gasteiger partial charge is 0.305 e. The third-order valence-corrected chi connectivity index (χ3v) is 3.46. The number of methoxy groups -OCH3 is 1. The lowest BCUT2D eigenvalue weighted by Gasteiger charge is -2.11. The summed E-state index contributed by atoms with van der Waals surface area (Å²) in [5.41, 5.74) is 3.97. The van der Waals surface area contributed by atoms with Crippen molar-refractivity contribution in [2.45, 2.75) is 26.7 Å². The zero-order chi connectivity index (χ0) is 14.0. The molecule has 19 heavy (non-hydrogen) atoms. The van der Waals surface area contributed by atoms with Gasteiger partial charge in [0.15, 0.2) is 0 Å². The van der Waals surface area contributed by atoms with Gasteiger partial charge in [-0.15, -0.1) is 0 Å². The van der Waals surface area contributed by atoms with Crippen LogP contribution in [0.5, 0.6) is 0 Å². The topological polar surface area (TPSA) is 39.2 Å². The molecule has 0 radical (unpaired) electrons. The number of aryl methyl sites for hydroxylation is 3. The molecule has 0 bridgehead atoms. The second-order valence-corrected chi connectivity index (χ2v) is 4.99. The van der Waals surface area contributed by atoms with E-state index in [1.165, 1.54) is 7.11 Å². The van der Waals surface area contributed by atoms with Crippen molar-refractivity contribution < 1.29 is 9.53 Å². The lowest BCUT2D eigenvalue weighted by molar-refractivity contribution is -0.140. The highest BCUT2D eigenvalue weighted by molar-refractivity contribution is 6.35. The van der Waals surface area contributed by atoms with E-state index in [2.05, 4.69) is 9.72 Å². The number of benzene rings is 1. The van der Waals surface area contributed by atoms with Crippen LogP contribution in [-0.4, -0.2) is 18.1 Å². The maximum Gasteiger partial charge on any atom is 0.305 e. The molecule has 0 amide bonds. The predicted octanol–water partition coefficient (Wildman–Crippen LogP) is 3.61. The molecule has 0 spiro atoms. The van der Waals surface area contributed by atoms with Crippen molar-refractivity contribution in [1.29, 1.82) is 0 Å².